The minimum Gasteiger partial charge on any atom is -0.494 e. The Morgan fingerprint density at radius 2 is 1.94 bits per heavy atom. The Bertz CT molecular complexity index is 394. The van der Waals surface area contributed by atoms with Crippen molar-refractivity contribution in [3.63, 3.8) is 0 Å². The first-order chi connectivity index (χ1) is 8.27. The summed E-state index contributed by atoms with van der Waals surface area (Å²) < 4.78 is 5.57. The predicted molar refractivity (Wildman–Crippen MR) is 77.0 cm³/mol. The maximum absolute atomic E-state index is 6.29. The van der Waals surface area contributed by atoms with Crippen molar-refractivity contribution >= 4 is 0 Å². The molecule has 1 aromatic rings. The largest absolute Gasteiger partial charge is 0.494 e. The smallest absolute Gasteiger partial charge is 0.122 e. The van der Waals surface area contributed by atoms with E-state index in [0.717, 1.165) is 11.3 Å². The second-order valence-electron chi connectivity index (χ2n) is 5.65. The number of nitrogens with two attached hydrogens (primary N) is 1. The van der Waals surface area contributed by atoms with E-state index in [1.807, 2.05) is 13.0 Å². The molecule has 0 aliphatic heterocycles. The van der Waals surface area contributed by atoms with Crippen molar-refractivity contribution in [2.45, 2.75) is 39.3 Å². The monoisotopic (exact) mass is 250 g/mol. The zero-order valence-electron chi connectivity index (χ0n) is 12.4. The van der Waals surface area contributed by atoms with Crippen molar-refractivity contribution in [2.24, 2.45) is 5.73 Å². The Hall–Kier alpha value is -1.06. The molecule has 18 heavy (non-hydrogen) atoms. The van der Waals surface area contributed by atoms with E-state index in [2.05, 4.69) is 51.9 Å². The molecule has 3 heteroatoms. The van der Waals surface area contributed by atoms with Crippen LogP contribution in [-0.2, 0) is 0 Å². The highest BCUT2D eigenvalue weighted by Crippen LogP contribution is 2.31. The molecule has 0 saturated carbocycles. The van der Waals surface area contributed by atoms with Gasteiger partial charge in [0.2, 0.25) is 0 Å². The number of ether oxygens (including phenoxy) is 1. The van der Waals surface area contributed by atoms with E-state index in [1.165, 1.54) is 5.56 Å². The molecule has 0 aliphatic rings. The number of likely N-dealkylation sites (N-methyl/N-ethyl adjacent to an activating group) is 1. The third-order valence-corrected chi connectivity index (χ3v) is 3.04. The summed E-state index contributed by atoms with van der Waals surface area (Å²) in [5, 5.41) is 0. The highest BCUT2D eigenvalue weighted by Gasteiger charge is 2.28. The quantitative estimate of drug-likeness (QED) is 0.873. The molecule has 0 spiro atoms. The number of benzene rings is 1. The molecule has 1 atom stereocenters. The highest BCUT2D eigenvalue weighted by molar-refractivity contribution is 5.38. The summed E-state index contributed by atoms with van der Waals surface area (Å²) in [7, 11) is 4.12. The van der Waals surface area contributed by atoms with Gasteiger partial charge in [-0.05, 0) is 59.0 Å². The first-order valence-corrected chi connectivity index (χ1v) is 6.46. The van der Waals surface area contributed by atoms with E-state index < -0.39 is 0 Å². The van der Waals surface area contributed by atoms with Crippen LogP contribution in [0.2, 0.25) is 0 Å². The van der Waals surface area contributed by atoms with E-state index in [9.17, 15) is 0 Å². The Kier molecular flexibility index (Phi) is 4.77. The summed E-state index contributed by atoms with van der Waals surface area (Å²) in [4.78, 5) is 2.16. The van der Waals surface area contributed by atoms with Gasteiger partial charge in [0.05, 0.1) is 12.6 Å². The summed E-state index contributed by atoms with van der Waals surface area (Å²) in [5.41, 5.74) is 8.39. The van der Waals surface area contributed by atoms with Crippen LogP contribution in [0.3, 0.4) is 0 Å². The molecule has 0 aliphatic carbocycles. The molecule has 0 aromatic heterocycles. The molecule has 0 fully saturated rings. The molecule has 2 N–H and O–H groups in total. The van der Waals surface area contributed by atoms with Gasteiger partial charge in [-0.25, -0.2) is 0 Å². The standard InChI is InChI=1S/C15H26N2O/c1-7-18-13-9-8-12(10-11(13)2)14(17(5)6)15(3,4)16/h8-10,14H,7,16H2,1-6H3. The van der Waals surface area contributed by atoms with E-state index in [-0.39, 0.29) is 11.6 Å². The second kappa shape index (κ2) is 5.72. The summed E-state index contributed by atoms with van der Waals surface area (Å²) in [6, 6.07) is 6.50. The summed E-state index contributed by atoms with van der Waals surface area (Å²) >= 11 is 0. The molecule has 1 aromatic carbocycles. The minimum absolute atomic E-state index is 0.187. The molecule has 0 radical (unpaired) electrons. The van der Waals surface area contributed by atoms with E-state index in [0.29, 0.717) is 6.61 Å². The molecule has 1 unspecified atom stereocenters. The maximum atomic E-state index is 6.29. The van der Waals surface area contributed by atoms with Crippen LogP contribution in [-0.4, -0.2) is 31.1 Å². The van der Waals surface area contributed by atoms with Crippen molar-refractivity contribution in [1.29, 1.82) is 0 Å². The third kappa shape index (κ3) is 3.47. The van der Waals surface area contributed by atoms with Crippen LogP contribution >= 0.6 is 0 Å². The molecule has 0 bridgehead atoms. The number of nitrogens with zero attached hydrogens (tertiary/aromatic N) is 1. The first-order valence-electron chi connectivity index (χ1n) is 6.46. The Balaban J connectivity index is 3.12. The van der Waals surface area contributed by atoms with Crippen molar-refractivity contribution in [3.8, 4) is 5.75 Å². The number of rotatable bonds is 5. The van der Waals surface area contributed by atoms with Gasteiger partial charge in [0.25, 0.3) is 0 Å². The van der Waals surface area contributed by atoms with Gasteiger partial charge in [0, 0.05) is 5.54 Å². The van der Waals surface area contributed by atoms with E-state index >= 15 is 0 Å². The van der Waals surface area contributed by atoms with E-state index in [1.54, 1.807) is 0 Å². The van der Waals surface area contributed by atoms with Crippen molar-refractivity contribution in [3.05, 3.63) is 29.3 Å². The van der Waals surface area contributed by atoms with Crippen LogP contribution in [0.4, 0.5) is 0 Å². The fourth-order valence-electron chi connectivity index (χ4n) is 2.55. The topological polar surface area (TPSA) is 38.5 Å². The molecule has 0 saturated heterocycles. The molecule has 0 heterocycles. The van der Waals surface area contributed by atoms with Crippen LogP contribution in [0.5, 0.6) is 5.75 Å². The zero-order valence-corrected chi connectivity index (χ0v) is 12.4. The van der Waals surface area contributed by atoms with Crippen molar-refractivity contribution in [1.82, 2.24) is 4.90 Å². The van der Waals surface area contributed by atoms with Crippen LogP contribution in [0.25, 0.3) is 0 Å². The molecule has 0 amide bonds. The normalized spacial score (nSPS) is 13.8. The Morgan fingerprint density at radius 3 is 2.33 bits per heavy atom. The average Bonchev–Trinajstić information content (AvgIpc) is 2.19. The number of aryl methyl sites for hydroxylation is 1. The molecular formula is C15H26N2O. The lowest BCUT2D eigenvalue weighted by Crippen LogP contribution is -2.45. The van der Waals surface area contributed by atoms with Gasteiger partial charge in [0.1, 0.15) is 5.75 Å². The number of hydrogen-bond acceptors (Lipinski definition) is 3. The maximum Gasteiger partial charge on any atom is 0.122 e. The van der Waals surface area contributed by atoms with Crippen LogP contribution < -0.4 is 10.5 Å². The van der Waals surface area contributed by atoms with Gasteiger partial charge in [-0.3, -0.25) is 0 Å². The van der Waals surface area contributed by atoms with Gasteiger partial charge in [-0.15, -0.1) is 0 Å². The average molecular weight is 250 g/mol. The van der Waals surface area contributed by atoms with Crippen molar-refractivity contribution in [2.75, 3.05) is 20.7 Å². The summed E-state index contributed by atoms with van der Waals surface area (Å²) in [6.07, 6.45) is 0. The van der Waals surface area contributed by atoms with Gasteiger partial charge in [0.15, 0.2) is 0 Å². The van der Waals surface area contributed by atoms with Gasteiger partial charge in [-0.1, -0.05) is 12.1 Å². The SMILES string of the molecule is CCOc1ccc(C(N(C)C)C(C)(C)N)cc1C. The Labute approximate surface area is 111 Å². The van der Waals surface area contributed by atoms with Gasteiger partial charge >= 0.3 is 0 Å². The zero-order chi connectivity index (χ0) is 13.9. The number of hydrogen-bond donors (Lipinski definition) is 1. The van der Waals surface area contributed by atoms with Crippen LogP contribution in [0.1, 0.15) is 37.9 Å². The molecular weight excluding hydrogens is 224 g/mol. The molecule has 102 valence electrons. The van der Waals surface area contributed by atoms with Gasteiger partial charge in [-0.2, -0.15) is 0 Å². The third-order valence-electron chi connectivity index (χ3n) is 3.04. The Morgan fingerprint density at radius 1 is 1.33 bits per heavy atom. The first kappa shape index (κ1) is 15.0. The fraction of sp³-hybridized carbons (Fsp3) is 0.600. The molecule has 1 rings (SSSR count). The summed E-state index contributed by atoms with van der Waals surface area (Å²) in [5.74, 6) is 0.952. The molecule has 3 nitrogen and oxygen atoms in total. The van der Waals surface area contributed by atoms with E-state index in [4.69, 9.17) is 10.5 Å². The fourth-order valence-corrected chi connectivity index (χ4v) is 2.55. The summed E-state index contributed by atoms with van der Waals surface area (Å²) in [6.45, 7) is 8.89. The lowest BCUT2D eigenvalue weighted by Gasteiger charge is -2.36. The van der Waals surface area contributed by atoms with Crippen LogP contribution in [0, 0.1) is 6.92 Å². The van der Waals surface area contributed by atoms with Crippen LogP contribution in [0.15, 0.2) is 18.2 Å². The van der Waals surface area contributed by atoms with Crippen molar-refractivity contribution < 1.29 is 4.74 Å². The lowest BCUT2D eigenvalue weighted by molar-refractivity contribution is 0.204. The van der Waals surface area contributed by atoms with Gasteiger partial charge < -0.3 is 15.4 Å². The predicted octanol–water partition coefficient (Wildman–Crippen LogP) is 2.73. The minimum atomic E-state index is -0.289. The highest BCUT2D eigenvalue weighted by atomic mass is 16.5. The second-order valence-corrected chi connectivity index (χ2v) is 5.65. The lowest BCUT2D eigenvalue weighted by atomic mass is 9.88.